The quantitative estimate of drug-likeness (QED) is 0.808. The van der Waals surface area contributed by atoms with Crippen LogP contribution in [-0.4, -0.2) is 19.1 Å². The van der Waals surface area contributed by atoms with E-state index in [1.165, 1.54) is 0 Å². The van der Waals surface area contributed by atoms with E-state index in [0.29, 0.717) is 13.2 Å². The lowest BCUT2D eigenvalue weighted by atomic mass is 10.0. The van der Waals surface area contributed by atoms with Crippen molar-refractivity contribution in [2.75, 3.05) is 13.2 Å². The van der Waals surface area contributed by atoms with Crippen molar-refractivity contribution in [3.8, 4) is 11.5 Å². The number of halogens is 1. The Kier molecular flexibility index (Phi) is 7.30. The zero-order valence-electron chi connectivity index (χ0n) is 14.8. The van der Waals surface area contributed by atoms with Gasteiger partial charge in [-0.25, -0.2) is 0 Å². The summed E-state index contributed by atoms with van der Waals surface area (Å²) in [5.41, 5.74) is 8.12. The molecule has 1 amide bonds. The molecule has 3 rings (SSSR count). The maximum Gasteiger partial charge on any atom is 0.222 e. The molecule has 0 spiro atoms. The van der Waals surface area contributed by atoms with Gasteiger partial charge in [0.25, 0.3) is 0 Å². The zero-order valence-corrected chi connectivity index (χ0v) is 15.6. The normalized spacial score (nSPS) is 14.7. The van der Waals surface area contributed by atoms with E-state index in [4.69, 9.17) is 15.2 Å². The number of carbonyl (C=O) groups is 1. The summed E-state index contributed by atoms with van der Waals surface area (Å²) in [5, 5.41) is 3.08. The number of fused-ring (bicyclic) bond motifs is 1. The van der Waals surface area contributed by atoms with Crippen LogP contribution in [0.2, 0.25) is 0 Å². The molecule has 1 aliphatic heterocycles. The summed E-state index contributed by atoms with van der Waals surface area (Å²) in [7, 11) is 0. The van der Waals surface area contributed by atoms with Gasteiger partial charge < -0.3 is 20.5 Å². The zero-order chi connectivity index (χ0) is 17.6. The van der Waals surface area contributed by atoms with Gasteiger partial charge in [-0.15, -0.1) is 12.4 Å². The lowest BCUT2D eigenvalue weighted by molar-refractivity contribution is -0.122. The Labute approximate surface area is 160 Å². The minimum Gasteiger partial charge on any atom is -0.486 e. The van der Waals surface area contributed by atoms with Crippen molar-refractivity contribution < 1.29 is 14.3 Å². The average Bonchev–Trinajstić information content (AvgIpc) is 2.66. The highest BCUT2D eigenvalue weighted by molar-refractivity contribution is 5.85. The molecular formula is C20H25ClN2O3. The maximum atomic E-state index is 12.4. The van der Waals surface area contributed by atoms with Gasteiger partial charge in [-0.05, 0) is 29.7 Å². The van der Waals surface area contributed by atoms with E-state index < -0.39 is 0 Å². The topological polar surface area (TPSA) is 73.6 Å². The minimum atomic E-state index is -0.307. The van der Waals surface area contributed by atoms with Gasteiger partial charge in [-0.3, -0.25) is 4.79 Å². The van der Waals surface area contributed by atoms with Crippen molar-refractivity contribution in [3.63, 3.8) is 0 Å². The summed E-state index contributed by atoms with van der Waals surface area (Å²) < 4.78 is 11.2. The molecule has 6 heteroatoms. The third-order valence-electron chi connectivity index (χ3n) is 4.35. The molecule has 0 fully saturated rings. The van der Waals surface area contributed by atoms with Crippen molar-refractivity contribution >= 4 is 18.3 Å². The number of nitrogens with two attached hydrogens (primary N) is 1. The molecule has 2 unspecified atom stereocenters. The van der Waals surface area contributed by atoms with Gasteiger partial charge >= 0.3 is 0 Å². The van der Waals surface area contributed by atoms with E-state index in [9.17, 15) is 4.79 Å². The van der Waals surface area contributed by atoms with Gasteiger partial charge in [-0.1, -0.05) is 43.3 Å². The molecule has 0 saturated heterocycles. The van der Waals surface area contributed by atoms with Crippen LogP contribution in [-0.2, 0) is 4.79 Å². The lowest BCUT2D eigenvalue weighted by Crippen LogP contribution is -2.31. The van der Waals surface area contributed by atoms with Crippen molar-refractivity contribution in [1.29, 1.82) is 0 Å². The number of hydrogen-bond donors (Lipinski definition) is 2. The van der Waals surface area contributed by atoms with Crippen molar-refractivity contribution in [1.82, 2.24) is 5.32 Å². The molecule has 1 heterocycles. The maximum absolute atomic E-state index is 12.4. The molecule has 2 aromatic carbocycles. The number of amides is 1. The first-order valence-electron chi connectivity index (χ1n) is 8.66. The van der Waals surface area contributed by atoms with E-state index >= 15 is 0 Å². The van der Waals surface area contributed by atoms with Crippen molar-refractivity contribution in [2.45, 2.75) is 31.8 Å². The third kappa shape index (κ3) is 4.90. The van der Waals surface area contributed by atoms with Crippen LogP contribution in [0.5, 0.6) is 11.5 Å². The molecule has 26 heavy (non-hydrogen) atoms. The average molecular weight is 377 g/mol. The summed E-state index contributed by atoms with van der Waals surface area (Å²) in [5.74, 6) is 1.43. The monoisotopic (exact) mass is 376 g/mol. The highest BCUT2D eigenvalue weighted by atomic mass is 35.5. The van der Waals surface area contributed by atoms with Crippen LogP contribution in [0, 0.1) is 0 Å². The van der Waals surface area contributed by atoms with Crippen LogP contribution in [0.15, 0.2) is 48.5 Å². The van der Waals surface area contributed by atoms with Gasteiger partial charge in [-0.2, -0.15) is 0 Å². The standard InChI is InChI=1S/C20H24N2O3.ClH/c1-2-17(15-8-9-18-19(12-15)25-11-10-24-18)22-20(23)13-16(21)14-6-4-3-5-7-14;/h3-9,12,16-17H,2,10-11,13,21H2,1H3,(H,22,23);1H. The summed E-state index contributed by atoms with van der Waals surface area (Å²) >= 11 is 0. The Hall–Kier alpha value is -2.24. The predicted octanol–water partition coefficient (Wildman–Crippen LogP) is 3.54. The van der Waals surface area contributed by atoms with Crippen LogP contribution >= 0.6 is 12.4 Å². The van der Waals surface area contributed by atoms with Crippen molar-refractivity contribution in [3.05, 3.63) is 59.7 Å². The van der Waals surface area contributed by atoms with Gasteiger partial charge in [0.15, 0.2) is 11.5 Å². The van der Waals surface area contributed by atoms with Crippen LogP contribution in [0.3, 0.4) is 0 Å². The first kappa shape index (κ1) is 20.1. The molecule has 0 aromatic heterocycles. The number of ether oxygens (including phenoxy) is 2. The van der Waals surface area contributed by atoms with Crippen molar-refractivity contribution in [2.24, 2.45) is 5.73 Å². The molecule has 2 atom stereocenters. The van der Waals surface area contributed by atoms with E-state index in [2.05, 4.69) is 5.32 Å². The van der Waals surface area contributed by atoms with Gasteiger partial charge in [0.05, 0.1) is 6.04 Å². The first-order chi connectivity index (χ1) is 12.2. The van der Waals surface area contributed by atoms with Gasteiger partial charge in [0.1, 0.15) is 13.2 Å². The Bertz CT molecular complexity index is 724. The number of rotatable bonds is 6. The van der Waals surface area contributed by atoms with E-state index in [1.807, 2.05) is 55.5 Å². The van der Waals surface area contributed by atoms with E-state index in [1.54, 1.807) is 0 Å². The Balaban J connectivity index is 0.00000243. The fourth-order valence-corrected chi connectivity index (χ4v) is 2.97. The summed E-state index contributed by atoms with van der Waals surface area (Å²) in [6, 6.07) is 15.1. The second kappa shape index (κ2) is 9.46. The Morgan fingerprint density at radius 1 is 1.08 bits per heavy atom. The molecule has 140 valence electrons. The Morgan fingerprint density at radius 2 is 1.77 bits per heavy atom. The summed E-state index contributed by atoms with van der Waals surface area (Å²) in [6.07, 6.45) is 1.04. The molecule has 3 N–H and O–H groups in total. The molecule has 5 nitrogen and oxygen atoms in total. The van der Waals surface area contributed by atoms with Crippen LogP contribution in [0.4, 0.5) is 0 Å². The highest BCUT2D eigenvalue weighted by Crippen LogP contribution is 2.33. The molecular weight excluding hydrogens is 352 g/mol. The second-order valence-corrected chi connectivity index (χ2v) is 6.15. The lowest BCUT2D eigenvalue weighted by Gasteiger charge is -2.23. The molecule has 0 bridgehead atoms. The minimum absolute atomic E-state index is 0. The second-order valence-electron chi connectivity index (χ2n) is 6.15. The highest BCUT2D eigenvalue weighted by Gasteiger charge is 2.19. The smallest absolute Gasteiger partial charge is 0.222 e. The SMILES string of the molecule is CCC(NC(=O)CC(N)c1ccccc1)c1ccc2c(c1)OCCO2.Cl. The van der Waals surface area contributed by atoms with Gasteiger partial charge in [0.2, 0.25) is 5.91 Å². The van der Waals surface area contributed by atoms with Crippen LogP contribution in [0.25, 0.3) is 0 Å². The molecule has 2 aromatic rings. The molecule has 1 aliphatic rings. The summed E-state index contributed by atoms with van der Waals surface area (Å²) in [6.45, 7) is 3.15. The van der Waals surface area contributed by atoms with Gasteiger partial charge in [0, 0.05) is 12.5 Å². The first-order valence-corrected chi connectivity index (χ1v) is 8.66. The molecule has 0 saturated carbocycles. The number of carbonyl (C=O) groups excluding carboxylic acids is 1. The number of benzene rings is 2. The van der Waals surface area contributed by atoms with Crippen LogP contribution in [0.1, 0.15) is 43.0 Å². The largest absolute Gasteiger partial charge is 0.486 e. The predicted molar refractivity (Wildman–Crippen MR) is 104 cm³/mol. The Morgan fingerprint density at radius 3 is 2.46 bits per heavy atom. The summed E-state index contributed by atoms with van der Waals surface area (Å²) in [4.78, 5) is 12.4. The van der Waals surface area contributed by atoms with E-state index in [0.717, 1.165) is 29.0 Å². The number of nitrogens with one attached hydrogen (secondary N) is 1. The fraction of sp³-hybridized carbons (Fsp3) is 0.350. The third-order valence-corrected chi connectivity index (χ3v) is 4.35. The van der Waals surface area contributed by atoms with E-state index in [-0.39, 0.29) is 36.8 Å². The fourth-order valence-electron chi connectivity index (χ4n) is 2.97. The van der Waals surface area contributed by atoms with Crippen LogP contribution < -0.4 is 20.5 Å². The molecule has 0 aliphatic carbocycles. The number of hydrogen-bond acceptors (Lipinski definition) is 4. The molecule has 0 radical (unpaired) electrons.